The topological polar surface area (TPSA) is 52.7 Å². The number of hydrogen-bond donors (Lipinski definition) is 1. The summed E-state index contributed by atoms with van der Waals surface area (Å²) in [6, 6.07) is 17.9. The molecule has 2 aromatic rings. The van der Waals surface area contributed by atoms with Crippen LogP contribution in [0.4, 0.5) is 0 Å². The number of carbonyl (C=O) groups excluding carboxylic acids is 2. The molecule has 1 heterocycles. The minimum Gasteiger partial charge on any atom is -0.349 e. The van der Waals surface area contributed by atoms with Crippen molar-refractivity contribution in [1.29, 1.82) is 0 Å². The molecular weight excluding hydrogens is 350 g/mol. The van der Waals surface area contributed by atoms with Gasteiger partial charge in [-0.15, -0.1) is 0 Å². The number of hydrogen-bond acceptors (Lipinski definition) is 3. The van der Waals surface area contributed by atoms with Crippen molar-refractivity contribution in [3.63, 3.8) is 0 Å². The van der Waals surface area contributed by atoms with E-state index in [0.29, 0.717) is 6.54 Å². The highest BCUT2D eigenvalue weighted by Gasteiger charge is 2.31. The van der Waals surface area contributed by atoms with Crippen molar-refractivity contribution in [2.45, 2.75) is 32.4 Å². The lowest BCUT2D eigenvalue weighted by Gasteiger charge is -2.41. The Morgan fingerprint density at radius 2 is 1.75 bits per heavy atom. The third-order valence-electron chi connectivity index (χ3n) is 5.32. The first-order valence-corrected chi connectivity index (χ1v) is 9.80. The third-order valence-corrected chi connectivity index (χ3v) is 5.32. The highest BCUT2D eigenvalue weighted by atomic mass is 16.2. The Kier molecular flexibility index (Phi) is 6.47. The maximum Gasteiger partial charge on any atom is 0.225 e. The van der Waals surface area contributed by atoms with Crippen molar-refractivity contribution in [2.75, 3.05) is 26.7 Å². The summed E-state index contributed by atoms with van der Waals surface area (Å²) in [5.74, 6) is -0.0577. The van der Waals surface area contributed by atoms with Gasteiger partial charge in [0.1, 0.15) is 0 Å². The summed E-state index contributed by atoms with van der Waals surface area (Å²) in [6.45, 7) is 5.87. The smallest absolute Gasteiger partial charge is 0.225 e. The Morgan fingerprint density at radius 3 is 2.39 bits per heavy atom. The van der Waals surface area contributed by atoms with E-state index in [2.05, 4.69) is 29.4 Å². The first-order valence-electron chi connectivity index (χ1n) is 9.80. The molecule has 148 valence electrons. The van der Waals surface area contributed by atoms with Gasteiger partial charge in [-0.25, -0.2) is 0 Å². The van der Waals surface area contributed by atoms with E-state index in [-0.39, 0.29) is 30.3 Å². The molecule has 5 nitrogen and oxygen atoms in total. The number of benzene rings is 2. The van der Waals surface area contributed by atoms with E-state index in [9.17, 15) is 9.59 Å². The van der Waals surface area contributed by atoms with Crippen LogP contribution in [0.3, 0.4) is 0 Å². The Bertz CT molecular complexity index is 804. The number of nitrogens with one attached hydrogen (secondary N) is 1. The number of nitrogens with zero attached hydrogens (tertiary/aromatic N) is 2. The fourth-order valence-electron chi connectivity index (χ4n) is 3.77. The molecule has 0 aromatic heterocycles. The Morgan fingerprint density at radius 1 is 1.07 bits per heavy atom. The molecule has 1 aliphatic rings. The number of piperazine rings is 1. The second-order valence-corrected chi connectivity index (χ2v) is 7.64. The molecule has 0 saturated carbocycles. The molecule has 2 atom stereocenters. The van der Waals surface area contributed by atoms with Crippen molar-refractivity contribution >= 4 is 11.8 Å². The van der Waals surface area contributed by atoms with Gasteiger partial charge in [0.15, 0.2) is 0 Å². The second-order valence-electron chi connectivity index (χ2n) is 7.64. The van der Waals surface area contributed by atoms with Gasteiger partial charge in [0.2, 0.25) is 11.8 Å². The van der Waals surface area contributed by atoms with Gasteiger partial charge in [0.25, 0.3) is 0 Å². The van der Waals surface area contributed by atoms with Crippen molar-refractivity contribution in [1.82, 2.24) is 15.1 Å². The maximum atomic E-state index is 13.3. The first-order chi connectivity index (χ1) is 13.4. The number of likely N-dealkylation sites (N-methyl/N-ethyl adjacent to an activating group) is 1. The summed E-state index contributed by atoms with van der Waals surface area (Å²) < 4.78 is 0. The zero-order valence-electron chi connectivity index (χ0n) is 16.9. The van der Waals surface area contributed by atoms with Crippen LogP contribution < -0.4 is 5.32 Å². The lowest BCUT2D eigenvalue weighted by atomic mass is 9.98. The summed E-state index contributed by atoms with van der Waals surface area (Å²) in [5, 5.41) is 2.95. The molecule has 0 spiro atoms. The van der Waals surface area contributed by atoms with Gasteiger partial charge in [-0.05, 0) is 25.1 Å². The van der Waals surface area contributed by atoms with E-state index >= 15 is 0 Å². The predicted molar refractivity (Wildman–Crippen MR) is 111 cm³/mol. The number of carbonyl (C=O) groups is 2. The molecule has 1 aliphatic heterocycles. The van der Waals surface area contributed by atoms with Crippen LogP contribution in [0.1, 0.15) is 42.1 Å². The van der Waals surface area contributed by atoms with Crippen LogP contribution in [0, 0.1) is 6.92 Å². The first kappa shape index (κ1) is 20.1. The van der Waals surface area contributed by atoms with E-state index in [1.54, 1.807) is 0 Å². The number of aryl methyl sites for hydroxylation is 1. The molecule has 1 saturated heterocycles. The van der Waals surface area contributed by atoms with Crippen LogP contribution in [-0.4, -0.2) is 48.3 Å². The molecule has 2 unspecified atom stereocenters. The van der Waals surface area contributed by atoms with Gasteiger partial charge in [-0.3, -0.25) is 9.59 Å². The molecular formula is C23H29N3O2. The van der Waals surface area contributed by atoms with E-state index in [1.165, 1.54) is 6.92 Å². The summed E-state index contributed by atoms with van der Waals surface area (Å²) >= 11 is 0. The molecule has 3 rings (SSSR count). The summed E-state index contributed by atoms with van der Waals surface area (Å²) in [4.78, 5) is 29.2. The largest absolute Gasteiger partial charge is 0.349 e. The summed E-state index contributed by atoms with van der Waals surface area (Å²) in [7, 11) is 2.09. The Hall–Kier alpha value is -2.66. The molecule has 2 amide bonds. The van der Waals surface area contributed by atoms with E-state index < -0.39 is 0 Å². The minimum atomic E-state index is -0.318. The van der Waals surface area contributed by atoms with Gasteiger partial charge in [0.05, 0.1) is 18.5 Å². The SMILES string of the molecule is CC(=O)NC(CC(=O)N1CCN(C)CC1c1ccccc1)c1ccc(C)cc1. The van der Waals surface area contributed by atoms with Crippen LogP contribution in [0.15, 0.2) is 54.6 Å². The normalized spacial score (nSPS) is 18.5. The van der Waals surface area contributed by atoms with Gasteiger partial charge in [-0.2, -0.15) is 0 Å². The molecule has 28 heavy (non-hydrogen) atoms. The highest BCUT2D eigenvalue weighted by Crippen LogP contribution is 2.27. The van der Waals surface area contributed by atoms with E-state index in [1.807, 2.05) is 54.3 Å². The Balaban J connectivity index is 1.80. The van der Waals surface area contributed by atoms with E-state index in [0.717, 1.165) is 29.8 Å². The summed E-state index contributed by atoms with van der Waals surface area (Å²) in [6.07, 6.45) is 0.260. The van der Waals surface area contributed by atoms with Crippen LogP contribution in [-0.2, 0) is 9.59 Å². The average molecular weight is 380 g/mol. The fraction of sp³-hybridized carbons (Fsp3) is 0.391. The molecule has 1 fully saturated rings. The zero-order chi connectivity index (χ0) is 20.1. The third kappa shape index (κ3) is 4.98. The van der Waals surface area contributed by atoms with Crippen molar-refractivity contribution in [2.24, 2.45) is 0 Å². The van der Waals surface area contributed by atoms with Crippen molar-refractivity contribution in [3.05, 3.63) is 71.3 Å². The quantitative estimate of drug-likeness (QED) is 0.869. The predicted octanol–water partition coefficient (Wildman–Crippen LogP) is 3.08. The lowest BCUT2D eigenvalue weighted by molar-refractivity contribution is -0.137. The molecule has 2 aromatic carbocycles. The van der Waals surface area contributed by atoms with Gasteiger partial charge in [-0.1, -0.05) is 60.2 Å². The maximum absolute atomic E-state index is 13.3. The van der Waals surface area contributed by atoms with Crippen LogP contribution in [0.5, 0.6) is 0 Å². The van der Waals surface area contributed by atoms with E-state index in [4.69, 9.17) is 0 Å². The molecule has 5 heteroatoms. The minimum absolute atomic E-state index is 0.0310. The van der Waals surface area contributed by atoms with Gasteiger partial charge in [0, 0.05) is 26.6 Å². The van der Waals surface area contributed by atoms with Gasteiger partial charge < -0.3 is 15.1 Å². The highest BCUT2D eigenvalue weighted by molar-refractivity contribution is 5.79. The average Bonchev–Trinajstić information content (AvgIpc) is 2.68. The second kappa shape index (κ2) is 9.02. The lowest BCUT2D eigenvalue weighted by Crippen LogP contribution is -2.50. The number of amides is 2. The fourth-order valence-corrected chi connectivity index (χ4v) is 3.77. The van der Waals surface area contributed by atoms with Crippen molar-refractivity contribution in [3.8, 4) is 0 Å². The van der Waals surface area contributed by atoms with Gasteiger partial charge >= 0.3 is 0 Å². The standard InChI is InChI=1S/C23H29N3O2/c1-17-9-11-19(12-10-17)21(24-18(2)27)15-23(28)26-14-13-25(3)16-22(26)20-7-5-4-6-8-20/h4-12,21-22H,13-16H2,1-3H3,(H,24,27). The molecule has 0 radical (unpaired) electrons. The van der Waals surface area contributed by atoms with Crippen LogP contribution >= 0.6 is 0 Å². The number of rotatable bonds is 5. The van der Waals surface area contributed by atoms with Crippen LogP contribution in [0.2, 0.25) is 0 Å². The monoisotopic (exact) mass is 379 g/mol. The molecule has 0 bridgehead atoms. The molecule has 1 N–H and O–H groups in total. The van der Waals surface area contributed by atoms with Crippen molar-refractivity contribution < 1.29 is 9.59 Å². The summed E-state index contributed by atoms with van der Waals surface area (Å²) in [5.41, 5.74) is 3.26. The Labute approximate surface area is 167 Å². The molecule has 0 aliphatic carbocycles. The zero-order valence-corrected chi connectivity index (χ0v) is 16.9. The van der Waals surface area contributed by atoms with Crippen LogP contribution in [0.25, 0.3) is 0 Å².